The highest BCUT2D eigenvalue weighted by atomic mass is 16.5. The van der Waals surface area contributed by atoms with Gasteiger partial charge in [-0.15, -0.1) is 0 Å². The Balaban J connectivity index is 0. The van der Waals surface area contributed by atoms with E-state index >= 15 is 0 Å². The van der Waals surface area contributed by atoms with E-state index in [4.69, 9.17) is 4.74 Å². The first-order chi connectivity index (χ1) is 5.13. The largest absolute Gasteiger partial charge is 0.379 e. The van der Waals surface area contributed by atoms with E-state index in [-0.39, 0.29) is 7.33 Å². The third-order valence-electron chi connectivity index (χ3n) is 1.07. The zero-order valence-corrected chi connectivity index (χ0v) is 7.52. The molecule has 0 rings (SSSR count). The number of hydrogen-bond acceptors (Lipinski definition) is 2. The van der Waals surface area contributed by atoms with Crippen LogP contribution in [0, 0.1) is 5.92 Å². The molecule has 1 amide bonds. The average molecular weight is 161 g/mol. The van der Waals surface area contributed by atoms with Crippen molar-refractivity contribution in [2.75, 3.05) is 19.8 Å². The van der Waals surface area contributed by atoms with Gasteiger partial charge in [-0.3, -0.25) is 4.79 Å². The highest BCUT2D eigenvalue weighted by Crippen LogP contribution is 1.90. The molecule has 0 saturated carbocycles. The maximum Gasteiger partial charge on any atom is 0.216 e. The summed E-state index contributed by atoms with van der Waals surface area (Å²) in [7, 11) is 0. The number of carbonyl (C=O) groups is 1. The van der Waals surface area contributed by atoms with E-state index in [9.17, 15) is 4.79 Å². The molecular formula is C8H19NO2. The number of rotatable bonds is 5. The molecule has 1 N–H and O–H groups in total. The van der Waals surface area contributed by atoms with E-state index in [0.717, 1.165) is 6.61 Å². The number of carbonyl (C=O) groups excluding carboxylic acids is 1. The molecule has 0 aromatic rings. The van der Waals surface area contributed by atoms with Crippen LogP contribution < -0.4 is 5.32 Å². The first-order valence-corrected chi connectivity index (χ1v) is 3.95. The van der Waals surface area contributed by atoms with Crippen LogP contribution in [0.15, 0.2) is 0 Å². The van der Waals surface area contributed by atoms with Crippen LogP contribution in [-0.4, -0.2) is 25.7 Å². The minimum atomic E-state index is -0.00172. The van der Waals surface area contributed by atoms with Crippen LogP contribution in [0.4, 0.5) is 0 Å². The standard InChI is InChI=1S/C8H17NO2.H2/c1-7(2)6-11-5-4-9-8(3)10;/h7H,4-6H2,1-3H3,(H,9,10);1H. The Labute approximate surface area is 69.6 Å². The fourth-order valence-electron chi connectivity index (χ4n) is 0.618. The Morgan fingerprint density at radius 1 is 1.64 bits per heavy atom. The number of nitrogens with one attached hydrogen (secondary N) is 1. The quantitative estimate of drug-likeness (QED) is 0.612. The molecule has 3 heteroatoms. The molecule has 0 unspecified atom stereocenters. The van der Waals surface area contributed by atoms with E-state index in [1.165, 1.54) is 6.92 Å². The molecule has 0 aliphatic heterocycles. The van der Waals surface area contributed by atoms with Gasteiger partial charge in [-0.1, -0.05) is 13.8 Å². The second kappa shape index (κ2) is 6.16. The van der Waals surface area contributed by atoms with Crippen LogP contribution in [0.25, 0.3) is 0 Å². The van der Waals surface area contributed by atoms with Crippen LogP contribution in [0.1, 0.15) is 22.2 Å². The lowest BCUT2D eigenvalue weighted by Crippen LogP contribution is -2.24. The summed E-state index contributed by atoms with van der Waals surface area (Å²) in [5.74, 6) is 0.561. The molecule has 0 aliphatic rings. The third-order valence-corrected chi connectivity index (χ3v) is 1.07. The molecule has 0 radical (unpaired) electrons. The average Bonchev–Trinajstić information content (AvgIpc) is 1.85. The van der Waals surface area contributed by atoms with Gasteiger partial charge in [0, 0.05) is 21.5 Å². The van der Waals surface area contributed by atoms with Gasteiger partial charge in [-0.05, 0) is 5.92 Å². The molecule has 0 aliphatic carbocycles. The number of ether oxygens (including phenoxy) is 1. The van der Waals surface area contributed by atoms with Crippen molar-refractivity contribution < 1.29 is 11.0 Å². The van der Waals surface area contributed by atoms with Crippen LogP contribution >= 0.6 is 0 Å². The van der Waals surface area contributed by atoms with Gasteiger partial charge in [0.15, 0.2) is 0 Å². The first-order valence-electron chi connectivity index (χ1n) is 3.95. The molecule has 0 aromatic heterocycles. The lowest BCUT2D eigenvalue weighted by molar-refractivity contribution is -0.119. The fourth-order valence-corrected chi connectivity index (χ4v) is 0.618. The molecule has 0 aromatic carbocycles. The van der Waals surface area contributed by atoms with Crippen molar-refractivity contribution in [1.82, 2.24) is 5.32 Å². The number of amides is 1. The summed E-state index contributed by atoms with van der Waals surface area (Å²) in [4.78, 5) is 10.4. The van der Waals surface area contributed by atoms with Gasteiger partial charge in [-0.2, -0.15) is 0 Å². The second-order valence-electron chi connectivity index (χ2n) is 2.95. The minimum Gasteiger partial charge on any atom is -0.379 e. The van der Waals surface area contributed by atoms with Crippen LogP contribution in [0.2, 0.25) is 0 Å². The zero-order chi connectivity index (χ0) is 8.69. The lowest BCUT2D eigenvalue weighted by Gasteiger charge is -2.06. The highest BCUT2D eigenvalue weighted by Gasteiger charge is 1.93. The van der Waals surface area contributed by atoms with E-state index in [1.54, 1.807) is 0 Å². The van der Waals surface area contributed by atoms with Gasteiger partial charge in [0.25, 0.3) is 0 Å². The monoisotopic (exact) mass is 161 g/mol. The fraction of sp³-hybridized carbons (Fsp3) is 0.875. The lowest BCUT2D eigenvalue weighted by atomic mass is 10.2. The Bertz CT molecular complexity index is 118. The molecule has 68 valence electrons. The maximum atomic E-state index is 10.4. The Hall–Kier alpha value is -0.570. The molecule has 0 heterocycles. The van der Waals surface area contributed by atoms with Crippen molar-refractivity contribution >= 4 is 5.91 Å². The Morgan fingerprint density at radius 2 is 2.27 bits per heavy atom. The SMILES string of the molecule is CC(=O)NCCOCC(C)C.[HH]. The summed E-state index contributed by atoms with van der Waals surface area (Å²) in [6, 6.07) is 0. The smallest absolute Gasteiger partial charge is 0.216 e. The van der Waals surface area contributed by atoms with Crippen molar-refractivity contribution in [2.45, 2.75) is 20.8 Å². The van der Waals surface area contributed by atoms with Crippen molar-refractivity contribution in [3.8, 4) is 0 Å². The molecule has 0 spiro atoms. The van der Waals surface area contributed by atoms with Gasteiger partial charge in [0.1, 0.15) is 0 Å². The summed E-state index contributed by atoms with van der Waals surface area (Å²) in [6.45, 7) is 7.68. The topological polar surface area (TPSA) is 38.3 Å². The normalized spacial score (nSPS) is 10.2. The second-order valence-corrected chi connectivity index (χ2v) is 2.95. The maximum absolute atomic E-state index is 10.4. The van der Waals surface area contributed by atoms with E-state index in [0.29, 0.717) is 19.1 Å². The third kappa shape index (κ3) is 9.43. The van der Waals surface area contributed by atoms with E-state index < -0.39 is 0 Å². The van der Waals surface area contributed by atoms with Gasteiger partial charge in [-0.25, -0.2) is 0 Å². The summed E-state index contributed by atoms with van der Waals surface area (Å²) in [5, 5.41) is 2.66. The van der Waals surface area contributed by atoms with E-state index in [1.807, 2.05) is 0 Å². The van der Waals surface area contributed by atoms with Gasteiger partial charge in [0.05, 0.1) is 6.61 Å². The zero-order valence-electron chi connectivity index (χ0n) is 7.52. The first kappa shape index (κ1) is 10.4. The Kier molecular flexibility index (Phi) is 5.84. The molecule has 0 bridgehead atoms. The van der Waals surface area contributed by atoms with Gasteiger partial charge < -0.3 is 10.1 Å². The summed E-state index contributed by atoms with van der Waals surface area (Å²) >= 11 is 0. The summed E-state index contributed by atoms with van der Waals surface area (Å²) in [5.41, 5.74) is 0. The predicted octanol–water partition coefficient (Wildman–Crippen LogP) is 1.04. The van der Waals surface area contributed by atoms with Crippen molar-refractivity contribution in [2.24, 2.45) is 5.92 Å². The minimum absolute atomic E-state index is 0. The Morgan fingerprint density at radius 3 is 2.73 bits per heavy atom. The molecule has 0 atom stereocenters. The van der Waals surface area contributed by atoms with Crippen molar-refractivity contribution in [1.29, 1.82) is 0 Å². The van der Waals surface area contributed by atoms with E-state index in [2.05, 4.69) is 19.2 Å². The van der Waals surface area contributed by atoms with Crippen molar-refractivity contribution in [3.63, 3.8) is 0 Å². The van der Waals surface area contributed by atoms with Crippen LogP contribution in [-0.2, 0) is 9.53 Å². The van der Waals surface area contributed by atoms with Crippen LogP contribution in [0.5, 0.6) is 0 Å². The molecule has 3 nitrogen and oxygen atoms in total. The van der Waals surface area contributed by atoms with Crippen molar-refractivity contribution in [3.05, 3.63) is 0 Å². The van der Waals surface area contributed by atoms with Crippen LogP contribution in [0.3, 0.4) is 0 Å². The highest BCUT2D eigenvalue weighted by molar-refractivity contribution is 5.72. The van der Waals surface area contributed by atoms with Gasteiger partial charge in [0.2, 0.25) is 5.91 Å². The van der Waals surface area contributed by atoms with Gasteiger partial charge >= 0.3 is 0 Å². The molecule has 0 fully saturated rings. The molecule has 0 saturated heterocycles. The number of hydrogen-bond donors (Lipinski definition) is 1. The molecular weight excluding hydrogens is 142 g/mol. The summed E-state index contributed by atoms with van der Waals surface area (Å²) in [6.07, 6.45) is 0. The summed E-state index contributed by atoms with van der Waals surface area (Å²) < 4.78 is 5.23. The molecule has 11 heavy (non-hydrogen) atoms. The predicted molar refractivity (Wildman–Crippen MR) is 46.5 cm³/mol.